The fourth-order valence-electron chi connectivity index (χ4n) is 2.41. The number of aromatic nitrogens is 3. The molecule has 10 heteroatoms. The van der Waals surface area contributed by atoms with Gasteiger partial charge in [0.2, 0.25) is 0 Å². The van der Waals surface area contributed by atoms with E-state index in [1.165, 1.54) is 19.4 Å². The van der Waals surface area contributed by atoms with Gasteiger partial charge in [-0.15, -0.1) is 0 Å². The van der Waals surface area contributed by atoms with Gasteiger partial charge in [-0.1, -0.05) is 0 Å². The van der Waals surface area contributed by atoms with Crippen molar-refractivity contribution >= 4 is 22.2 Å². The molecule has 0 unspecified atom stereocenters. The number of hydrogen-bond donors (Lipinski definition) is 1. The summed E-state index contributed by atoms with van der Waals surface area (Å²) < 4.78 is 59.6. The molecule has 0 aliphatic carbocycles. The maximum absolute atomic E-state index is 12.6. The smallest absolute Gasteiger partial charge is 0.422 e. The molecule has 0 aliphatic heterocycles. The van der Waals surface area contributed by atoms with Crippen molar-refractivity contribution in [1.82, 2.24) is 15.0 Å². The number of H-pyrrole nitrogens is 1. The normalized spacial score (nSPS) is 13.0. The number of rotatable bonds is 6. The molecule has 1 atom stereocenters. The zero-order chi connectivity index (χ0) is 19.6. The van der Waals surface area contributed by atoms with Crippen LogP contribution >= 0.6 is 0 Å². The van der Waals surface area contributed by atoms with Crippen LogP contribution in [0.1, 0.15) is 11.3 Å². The van der Waals surface area contributed by atoms with Crippen molar-refractivity contribution in [3.8, 4) is 11.5 Å². The van der Waals surface area contributed by atoms with Gasteiger partial charge >= 0.3 is 11.3 Å². The summed E-state index contributed by atoms with van der Waals surface area (Å²) in [6, 6.07) is 6.57. The second kappa shape index (κ2) is 7.65. The first kappa shape index (κ1) is 19.3. The van der Waals surface area contributed by atoms with Gasteiger partial charge in [-0.05, 0) is 25.1 Å². The van der Waals surface area contributed by atoms with Crippen LogP contribution in [-0.2, 0) is 16.9 Å². The third-order valence-electron chi connectivity index (χ3n) is 3.80. The predicted octanol–water partition coefficient (Wildman–Crippen LogP) is 3.52. The van der Waals surface area contributed by atoms with Gasteiger partial charge in [0.15, 0.2) is 12.4 Å². The number of imidazole rings is 1. The molecule has 6 nitrogen and oxygen atoms in total. The van der Waals surface area contributed by atoms with E-state index in [2.05, 4.69) is 15.0 Å². The van der Waals surface area contributed by atoms with Crippen molar-refractivity contribution in [1.29, 1.82) is 0 Å². The predicted molar refractivity (Wildman–Crippen MR) is 93.3 cm³/mol. The average molecular weight is 399 g/mol. The fraction of sp³-hybridized carbons (Fsp3) is 0.294. The van der Waals surface area contributed by atoms with Crippen LogP contribution in [0.5, 0.6) is 11.5 Å². The van der Waals surface area contributed by atoms with Crippen molar-refractivity contribution in [2.45, 2.75) is 24.0 Å². The Labute approximate surface area is 155 Å². The summed E-state index contributed by atoms with van der Waals surface area (Å²) in [4.78, 5) is 11.4. The summed E-state index contributed by atoms with van der Waals surface area (Å²) in [5.74, 6) is 0.675. The van der Waals surface area contributed by atoms with Gasteiger partial charge in [0.25, 0.3) is 0 Å². The van der Waals surface area contributed by atoms with Crippen LogP contribution in [0.2, 0.25) is 0 Å². The largest absolute Gasteiger partial charge is 0.609 e. The molecule has 144 valence electrons. The minimum atomic E-state index is -4.44. The summed E-state index contributed by atoms with van der Waals surface area (Å²) in [6.07, 6.45) is -3.11. The van der Waals surface area contributed by atoms with Crippen LogP contribution in [0.4, 0.5) is 13.2 Å². The van der Waals surface area contributed by atoms with Crippen LogP contribution < -0.4 is 9.47 Å². The summed E-state index contributed by atoms with van der Waals surface area (Å²) in [5, 5.41) is 0.251. The van der Waals surface area contributed by atoms with E-state index in [9.17, 15) is 17.7 Å². The second-order valence-corrected chi connectivity index (χ2v) is 7.07. The van der Waals surface area contributed by atoms with Crippen molar-refractivity contribution in [2.24, 2.45) is 0 Å². The molecule has 1 aromatic carbocycles. The molecule has 0 aliphatic rings. The Hall–Kier alpha value is -2.46. The van der Waals surface area contributed by atoms with E-state index in [0.29, 0.717) is 28.0 Å². The molecule has 0 bridgehead atoms. The van der Waals surface area contributed by atoms with Crippen LogP contribution in [0.15, 0.2) is 35.6 Å². The number of hydrogen-bond acceptors (Lipinski definition) is 5. The summed E-state index contributed by atoms with van der Waals surface area (Å²) >= 11 is -1.56. The minimum absolute atomic E-state index is 0.00793. The fourth-order valence-corrected chi connectivity index (χ4v) is 3.51. The van der Waals surface area contributed by atoms with Crippen LogP contribution in [0.25, 0.3) is 11.0 Å². The van der Waals surface area contributed by atoms with Crippen LogP contribution in [-0.4, -0.2) is 39.4 Å². The van der Waals surface area contributed by atoms with E-state index < -0.39 is 24.0 Å². The Bertz CT molecular complexity index is 946. The van der Waals surface area contributed by atoms with Crippen molar-refractivity contribution in [3.05, 3.63) is 41.7 Å². The Balaban J connectivity index is 1.78. The molecule has 0 saturated carbocycles. The van der Waals surface area contributed by atoms with E-state index in [1.54, 1.807) is 25.1 Å². The Morgan fingerprint density at radius 3 is 2.74 bits per heavy atom. The van der Waals surface area contributed by atoms with E-state index in [4.69, 9.17) is 9.47 Å². The number of benzene rings is 1. The lowest BCUT2D eigenvalue weighted by Crippen LogP contribution is -2.20. The SMILES string of the molecule is COc1ccc2[nH]c([S@+]([O-])Cc3nccc(OCC(F)(F)F)c3C)nc2c1. The number of nitrogens with one attached hydrogen (secondary N) is 1. The van der Waals surface area contributed by atoms with E-state index in [1.807, 2.05) is 0 Å². The van der Waals surface area contributed by atoms with Gasteiger partial charge in [-0.2, -0.15) is 18.2 Å². The number of halogens is 3. The highest BCUT2D eigenvalue weighted by Gasteiger charge is 2.29. The second-order valence-electron chi connectivity index (χ2n) is 5.70. The minimum Gasteiger partial charge on any atom is -0.609 e. The van der Waals surface area contributed by atoms with Gasteiger partial charge in [-0.3, -0.25) is 9.97 Å². The molecule has 2 heterocycles. The van der Waals surface area contributed by atoms with E-state index in [0.717, 1.165) is 0 Å². The Morgan fingerprint density at radius 2 is 2.04 bits per heavy atom. The maximum atomic E-state index is 12.6. The average Bonchev–Trinajstić information content (AvgIpc) is 3.05. The van der Waals surface area contributed by atoms with Gasteiger partial charge in [0.1, 0.15) is 11.5 Å². The highest BCUT2D eigenvalue weighted by Crippen LogP contribution is 2.26. The zero-order valence-corrected chi connectivity index (χ0v) is 15.3. The molecule has 0 fully saturated rings. The number of methoxy groups -OCH3 is 1. The van der Waals surface area contributed by atoms with Crippen molar-refractivity contribution in [2.75, 3.05) is 13.7 Å². The number of pyridine rings is 1. The lowest BCUT2D eigenvalue weighted by Gasteiger charge is -2.14. The summed E-state index contributed by atoms with van der Waals surface area (Å²) in [6.45, 7) is 0.181. The van der Waals surface area contributed by atoms with Crippen LogP contribution in [0, 0.1) is 6.92 Å². The van der Waals surface area contributed by atoms with E-state index >= 15 is 0 Å². The molecule has 0 spiro atoms. The molecule has 0 amide bonds. The van der Waals surface area contributed by atoms with Crippen LogP contribution in [0.3, 0.4) is 0 Å². The lowest BCUT2D eigenvalue weighted by molar-refractivity contribution is -0.153. The number of nitrogens with zero attached hydrogens (tertiary/aromatic N) is 2. The third-order valence-corrected chi connectivity index (χ3v) is 4.96. The van der Waals surface area contributed by atoms with Gasteiger partial charge in [0.05, 0.1) is 23.8 Å². The van der Waals surface area contributed by atoms with Crippen molar-refractivity contribution in [3.63, 3.8) is 0 Å². The molecule has 2 aromatic heterocycles. The first-order valence-corrected chi connectivity index (χ1v) is 9.15. The first-order chi connectivity index (χ1) is 12.8. The highest BCUT2D eigenvalue weighted by molar-refractivity contribution is 7.90. The number of alkyl halides is 3. The van der Waals surface area contributed by atoms with Gasteiger partial charge in [-0.25, -0.2) is 0 Å². The van der Waals surface area contributed by atoms with Gasteiger partial charge in [0, 0.05) is 29.0 Å². The summed E-state index contributed by atoms with van der Waals surface area (Å²) in [5.41, 5.74) is 2.09. The molecular weight excluding hydrogens is 383 g/mol. The number of fused-ring (bicyclic) bond motifs is 1. The molecule has 0 saturated heterocycles. The molecule has 27 heavy (non-hydrogen) atoms. The Kier molecular flexibility index (Phi) is 5.47. The molecule has 1 N–H and O–H groups in total. The van der Waals surface area contributed by atoms with E-state index in [-0.39, 0.29) is 16.7 Å². The molecular formula is C17H16F3N3O3S. The highest BCUT2D eigenvalue weighted by atomic mass is 32.2. The quantitative estimate of drug-likeness (QED) is 0.641. The maximum Gasteiger partial charge on any atom is 0.422 e. The Morgan fingerprint density at radius 1 is 1.26 bits per heavy atom. The summed E-state index contributed by atoms with van der Waals surface area (Å²) in [7, 11) is 1.54. The zero-order valence-electron chi connectivity index (χ0n) is 14.5. The first-order valence-electron chi connectivity index (χ1n) is 7.83. The number of aromatic amines is 1. The third kappa shape index (κ3) is 4.64. The van der Waals surface area contributed by atoms with Crippen molar-refractivity contribution < 1.29 is 27.2 Å². The lowest BCUT2D eigenvalue weighted by atomic mass is 10.2. The molecule has 3 aromatic rings. The monoisotopic (exact) mass is 399 g/mol. The molecule has 3 rings (SSSR count). The molecule has 0 radical (unpaired) electrons. The standard InChI is InChI=1S/C17H16F3N3O3S/c1-10-14(21-6-5-15(10)26-9-17(18,19)20)8-27(24)16-22-12-4-3-11(25-2)7-13(12)23-16/h3-7H,8-9H2,1-2H3,(H,22,23)/t27-/m1/s1. The topological polar surface area (TPSA) is 83.1 Å². The van der Waals surface area contributed by atoms with Gasteiger partial charge < -0.3 is 14.0 Å². The number of ether oxygens (including phenoxy) is 2.